The predicted octanol–water partition coefficient (Wildman–Crippen LogP) is 3.53. The van der Waals surface area contributed by atoms with E-state index in [9.17, 15) is 0 Å². The molecule has 0 atom stereocenters. The Kier molecular flexibility index (Phi) is 4.77. The van der Waals surface area contributed by atoms with Crippen LogP contribution in [0.1, 0.15) is 19.4 Å². The van der Waals surface area contributed by atoms with Crippen molar-refractivity contribution in [2.24, 2.45) is 5.92 Å². The highest BCUT2D eigenvalue weighted by atomic mass is 16.6. The van der Waals surface area contributed by atoms with Crippen LogP contribution in [-0.4, -0.2) is 13.7 Å². The summed E-state index contributed by atoms with van der Waals surface area (Å²) in [4.78, 5) is 5.38. The van der Waals surface area contributed by atoms with Crippen LogP contribution in [0.25, 0.3) is 10.8 Å². The normalized spacial score (nSPS) is 11.2. The third-order valence-electron chi connectivity index (χ3n) is 2.91. The molecule has 2 rings (SSSR count). The summed E-state index contributed by atoms with van der Waals surface area (Å²) in [7, 11) is 1.69. The highest BCUT2D eigenvalue weighted by Gasteiger charge is 1.99. The van der Waals surface area contributed by atoms with Crippen LogP contribution in [0.2, 0.25) is 0 Å². The van der Waals surface area contributed by atoms with E-state index in [2.05, 4.69) is 43.6 Å². The van der Waals surface area contributed by atoms with Gasteiger partial charge in [0.1, 0.15) is 5.75 Å². The van der Waals surface area contributed by atoms with Crippen molar-refractivity contribution in [3.05, 3.63) is 42.0 Å². The van der Waals surface area contributed by atoms with Gasteiger partial charge in [-0.15, -0.1) is 0 Å². The van der Waals surface area contributed by atoms with Crippen LogP contribution in [0.4, 0.5) is 0 Å². The van der Waals surface area contributed by atoms with Gasteiger partial charge in [-0.3, -0.25) is 0 Å². The minimum absolute atomic E-state index is 0.538. The molecule has 19 heavy (non-hydrogen) atoms. The van der Waals surface area contributed by atoms with Crippen LogP contribution < -0.4 is 10.2 Å². The van der Waals surface area contributed by atoms with Crippen molar-refractivity contribution in [1.29, 1.82) is 0 Å². The Labute approximate surface area is 114 Å². The van der Waals surface area contributed by atoms with Crippen LogP contribution in [0.15, 0.2) is 36.4 Å². The lowest BCUT2D eigenvalue weighted by atomic mass is 10.1. The number of hydrogen-bond donors (Lipinski definition) is 1. The van der Waals surface area contributed by atoms with Crippen LogP contribution >= 0.6 is 0 Å². The third-order valence-corrected chi connectivity index (χ3v) is 2.91. The summed E-state index contributed by atoms with van der Waals surface area (Å²) in [5.74, 6) is 1.43. The topological polar surface area (TPSA) is 30.5 Å². The minimum atomic E-state index is 0.538. The molecule has 0 aromatic heterocycles. The molecule has 0 spiro atoms. The van der Waals surface area contributed by atoms with E-state index in [1.165, 1.54) is 16.3 Å². The molecule has 0 saturated carbocycles. The summed E-state index contributed by atoms with van der Waals surface area (Å²) in [6, 6.07) is 12.5. The number of hydroxylamine groups is 1. The molecule has 0 amide bonds. The van der Waals surface area contributed by atoms with Crippen LogP contribution in [0.5, 0.6) is 5.75 Å². The largest absolute Gasteiger partial charge is 0.497 e. The lowest BCUT2D eigenvalue weighted by Gasteiger charge is -2.09. The van der Waals surface area contributed by atoms with Gasteiger partial charge in [0.2, 0.25) is 0 Å². The Balaban J connectivity index is 2.01. The average molecular weight is 259 g/mol. The third kappa shape index (κ3) is 3.94. The summed E-state index contributed by atoms with van der Waals surface area (Å²) in [6.45, 7) is 5.70. The molecule has 0 unspecified atom stereocenters. The highest BCUT2D eigenvalue weighted by molar-refractivity contribution is 5.84. The van der Waals surface area contributed by atoms with E-state index in [-0.39, 0.29) is 0 Å². The van der Waals surface area contributed by atoms with E-state index >= 15 is 0 Å². The predicted molar refractivity (Wildman–Crippen MR) is 78.1 cm³/mol. The van der Waals surface area contributed by atoms with E-state index in [0.717, 1.165) is 12.4 Å². The number of rotatable bonds is 6. The Hall–Kier alpha value is -1.58. The monoisotopic (exact) mass is 259 g/mol. The van der Waals surface area contributed by atoms with Crippen LogP contribution in [0, 0.1) is 5.92 Å². The van der Waals surface area contributed by atoms with Crippen molar-refractivity contribution in [3.8, 4) is 5.75 Å². The quantitative estimate of drug-likeness (QED) is 0.636. The Bertz CT molecular complexity index is 537. The van der Waals surface area contributed by atoms with Crippen molar-refractivity contribution < 1.29 is 9.57 Å². The lowest BCUT2D eigenvalue weighted by Crippen LogP contribution is -2.17. The van der Waals surface area contributed by atoms with E-state index in [0.29, 0.717) is 12.5 Å². The van der Waals surface area contributed by atoms with Gasteiger partial charge in [0.25, 0.3) is 0 Å². The molecule has 0 fully saturated rings. The number of methoxy groups -OCH3 is 1. The van der Waals surface area contributed by atoms with Crippen molar-refractivity contribution in [2.75, 3.05) is 13.7 Å². The van der Waals surface area contributed by atoms with Gasteiger partial charge >= 0.3 is 0 Å². The first-order valence-corrected chi connectivity index (χ1v) is 6.60. The lowest BCUT2D eigenvalue weighted by molar-refractivity contribution is 0.0196. The standard InChI is InChI=1S/C16H21NO2/c1-12(2)11-19-17-10-13-4-5-15-9-16(18-3)7-6-14(15)8-13/h4-9,12,17H,10-11H2,1-3H3. The zero-order valence-corrected chi connectivity index (χ0v) is 11.8. The number of nitrogens with one attached hydrogen (secondary N) is 1. The van der Waals surface area contributed by atoms with Gasteiger partial charge in [0.15, 0.2) is 0 Å². The van der Waals surface area contributed by atoms with Gasteiger partial charge in [-0.25, -0.2) is 0 Å². The number of ether oxygens (including phenoxy) is 1. The fourth-order valence-electron chi connectivity index (χ4n) is 1.87. The van der Waals surface area contributed by atoms with Crippen LogP contribution in [0.3, 0.4) is 0 Å². The van der Waals surface area contributed by atoms with Gasteiger partial charge in [-0.2, -0.15) is 5.48 Å². The summed E-state index contributed by atoms with van der Waals surface area (Å²) in [5.41, 5.74) is 4.21. The maximum atomic E-state index is 5.38. The second-order valence-corrected chi connectivity index (χ2v) is 5.07. The molecule has 3 heteroatoms. The molecule has 2 aromatic rings. The van der Waals surface area contributed by atoms with Crippen molar-refractivity contribution >= 4 is 10.8 Å². The first-order chi connectivity index (χ1) is 9.19. The molecule has 2 aromatic carbocycles. The molecular weight excluding hydrogens is 238 g/mol. The minimum Gasteiger partial charge on any atom is -0.497 e. The molecule has 0 aliphatic heterocycles. The summed E-state index contributed by atoms with van der Waals surface area (Å²) < 4.78 is 5.22. The Morgan fingerprint density at radius 3 is 2.53 bits per heavy atom. The van der Waals surface area contributed by atoms with Gasteiger partial charge in [0, 0.05) is 6.54 Å². The fourth-order valence-corrected chi connectivity index (χ4v) is 1.87. The molecule has 0 bridgehead atoms. The number of fused-ring (bicyclic) bond motifs is 1. The molecule has 0 aliphatic rings. The highest BCUT2D eigenvalue weighted by Crippen LogP contribution is 2.21. The molecule has 0 saturated heterocycles. The Morgan fingerprint density at radius 2 is 1.79 bits per heavy atom. The van der Waals surface area contributed by atoms with E-state index in [1.807, 2.05) is 12.1 Å². The molecule has 1 N–H and O–H groups in total. The zero-order chi connectivity index (χ0) is 13.7. The first-order valence-electron chi connectivity index (χ1n) is 6.60. The van der Waals surface area contributed by atoms with E-state index in [4.69, 9.17) is 9.57 Å². The van der Waals surface area contributed by atoms with Crippen molar-refractivity contribution in [2.45, 2.75) is 20.4 Å². The molecule has 3 nitrogen and oxygen atoms in total. The van der Waals surface area contributed by atoms with Gasteiger partial charge in [0.05, 0.1) is 13.7 Å². The van der Waals surface area contributed by atoms with Gasteiger partial charge in [-0.1, -0.05) is 32.0 Å². The second kappa shape index (κ2) is 6.55. The number of benzene rings is 2. The van der Waals surface area contributed by atoms with E-state index < -0.39 is 0 Å². The summed E-state index contributed by atoms with van der Waals surface area (Å²) in [5, 5.41) is 2.40. The maximum absolute atomic E-state index is 5.38. The first kappa shape index (κ1) is 13.8. The molecule has 102 valence electrons. The van der Waals surface area contributed by atoms with Gasteiger partial charge < -0.3 is 9.57 Å². The number of hydrogen-bond acceptors (Lipinski definition) is 3. The summed E-state index contributed by atoms with van der Waals surface area (Å²) in [6.07, 6.45) is 0. The zero-order valence-electron chi connectivity index (χ0n) is 11.8. The molecular formula is C16H21NO2. The van der Waals surface area contributed by atoms with Crippen molar-refractivity contribution in [3.63, 3.8) is 0 Å². The summed E-state index contributed by atoms with van der Waals surface area (Å²) >= 11 is 0. The molecule has 0 aliphatic carbocycles. The average Bonchev–Trinajstić information content (AvgIpc) is 2.42. The van der Waals surface area contributed by atoms with Gasteiger partial charge in [-0.05, 0) is 40.5 Å². The van der Waals surface area contributed by atoms with Crippen molar-refractivity contribution in [1.82, 2.24) is 5.48 Å². The molecule has 0 heterocycles. The second-order valence-electron chi connectivity index (χ2n) is 5.07. The smallest absolute Gasteiger partial charge is 0.119 e. The SMILES string of the molecule is COc1ccc2cc(CNOCC(C)C)ccc2c1. The van der Waals surface area contributed by atoms with E-state index in [1.54, 1.807) is 7.11 Å². The Morgan fingerprint density at radius 1 is 1.05 bits per heavy atom. The molecule has 0 radical (unpaired) electrons. The maximum Gasteiger partial charge on any atom is 0.119 e. The van der Waals surface area contributed by atoms with Crippen LogP contribution in [-0.2, 0) is 11.4 Å². The fraction of sp³-hybridized carbons (Fsp3) is 0.375.